The summed E-state index contributed by atoms with van der Waals surface area (Å²) >= 11 is 1.79. The van der Waals surface area contributed by atoms with E-state index in [1.165, 1.54) is 10.5 Å². The maximum Gasteiger partial charge on any atom is 0.0594 e. The van der Waals surface area contributed by atoms with Gasteiger partial charge in [0.15, 0.2) is 0 Å². The zero-order valence-corrected chi connectivity index (χ0v) is 12.7. The first-order valence-corrected chi connectivity index (χ1v) is 8.17. The van der Waals surface area contributed by atoms with E-state index < -0.39 is 0 Å². The molecule has 3 nitrogen and oxygen atoms in total. The summed E-state index contributed by atoms with van der Waals surface area (Å²) in [5.41, 5.74) is 1.35. The molecule has 0 spiro atoms. The van der Waals surface area contributed by atoms with Crippen LogP contribution in [0.5, 0.6) is 0 Å². The quantitative estimate of drug-likeness (QED) is 0.808. The van der Waals surface area contributed by atoms with Crippen molar-refractivity contribution in [3.05, 3.63) is 29.8 Å². The van der Waals surface area contributed by atoms with Crippen molar-refractivity contribution in [2.45, 2.75) is 24.4 Å². The molecule has 0 amide bonds. The molecule has 1 aliphatic heterocycles. The summed E-state index contributed by atoms with van der Waals surface area (Å²) in [6.07, 6.45) is 2.11. The predicted molar refractivity (Wildman–Crippen MR) is 81.8 cm³/mol. The van der Waals surface area contributed by atoms with Crippen molar-refractivity contribution in [2.75, 3.05) is 39.1 Å². The highest BCUT2D eigenvalue weighted by Crippen LogP contribution is 2.14. The largest absolute Gasteiger partial charge is 0.379 e. The summed E-state index contributed by atoms with van der Waals surface area (Å²) in [4.78, 5) is 3.79. The van der Waals surface area contributed by atoms with E-state index in [2.05, 4.69) is 47.7 Å². The van der Waals surface area contributed by atoms with Gasteiger partial charge in [0.2, 0.25) is 0 Å². The minimum atomic E-state index is 0.512. The number of nitrogens with one attached hydrogen (secondary N) is 1. The fourth-order valence-corrected chi connectivity index (χ4v) is 2.68. The maximum absolute atomic E-state index is 5.37. The molecule has 106 valence electrons. The number of ether oxygens (including phenoxy) is 1. The number of nitrogens with zero attached hydrogens (tertiary/aromatic N) is 1. The number of hydrogen-bond acceptors (Lipinski definition) is 4. The smallest absolute Gasteiger partial charge is 0.0594 e. The topological polar surface area (TPSA) is 24.5 Å². The van der Waals surface area contributed by atoms with Crippen molar-refractivity contribution in [3.8, 4) is 0 Å². The number of rotatable bonds is 6. The molecule has 1 unspecified atom stereocenters. The SMILES string of the molecule is CSc1ccc(CNC(C)CN2CCOCC2)cc1. The first-order valence-electron chi connectivity index (χ1n) is 6.94. The van der Waals surface area contributed by atoms with E-state index in [4.69, 9.17) is 4.74 Å². The molecule has 0 saturated carbocycles. The maximum atomic E-state index is 5.37. The lowest BCUT2D eigenvalue weighted by molar-refractivity contribution is 0.0343. The van der Waals surface area contributed by atoms with Crippen molar-refractivity contribution in [3.63, 3.8) is 0 Å². The third-order valence-corrected chi connectivity index (χ3v) is 4.19. The minimum Gasteiger partial charge on any atom is -0.379 e. The zero-order chi connectivity index (χ0) is 13.5. The van der Waals surface area contributed by atoms with Crippen LogP contribution in [0.4, 0.5) is 0 Å². The van der Waals surface area contributed by atoms with Crippen molar-refractivity contribution in [2.24, 2.45) is 0 Å². The number of hydrogen-bond donors (Lipinski definition) is 1. The average molecular weight is 280 g/mol. The van der Waals surface area contributed by atoms with Crippen molar-refractivity contribution < 1.29 is 4.74 Å². The van der Waals surface area contributed by atoms with E-state index in [1.54, 1.807) is 11.8 Å². The Morgan fingerprint density at radius 1 is 1.26 bits per heavy atom. The minimum absolute atomic E-state index is 0.512. The van der Waals surface area contributed by atoms with Crippen LogP contribution in [0.15, 0.2) is 29.2 Å². The van der Waals surface area contributed by atoms with E-state index in [0.717, 1.165) is 39.4 Å². The Labute approximate surface area is 120 Å². The molecule has 1 fully saturated rings. The third kappa shape index (κ3) is 5.15. The van der Waals surface area contributed by atoms with Gasteiger partial charge >= 0.3 is 0 Å². The van der Waals surface area contributed by atoms with E-state index in [1.807, 2.05) is 0 Å². The summed E-state index contributed by atoms with van der Waals surface area (Å²) in [5, 5.41) is 3.59. The second-order valence-corrected chi connectivity index (χ2v) is 5.92. The first-order chi connectivity index (χ1) is 9.28. The van der Waals surface area contributed by atoms with Crippen LogP contribution in [0, 0.1) is 0 Å². The van der Waals surface area contributed by atoms with Gasteiger partial charge in [-0.3, -0.25) is 4.90 Å². The van der Waals surface area contributed by atoms with Gasteiger partial charge in [-0.1, -0.05) is 12.1 Å². The van der Waals surface area contributed by atoms with Crippen LogP contribution in [0.3, 0.4) is 0 Å². The van der Waals surface area contributed by atoms with Crippen LogP contribution in [-0.2, 0) is 11.3 Å². The number of morpholine rings is 1. The lowest BCUT2D eigenvalue weighted by atomic mass is 10.2. The molecule has 1 heterocycles. The van der Waals surface area contributed by atoms with Gasteiger partial charge in [0.25, 0.3) is 0 Å². The van der Waals surface area contributed by atoms with Gasteiger partial charge in [0.1, 0.15) is 0 Å². The average Bonchev–Trinajstić information content (AvgIpc) is 2.47. The Hall–Kier alpha value is -0.550. The van der Waals surface area contributed by atoms with Crippen LogP contribution in [0.2, 0.25) is 0 Å². The Morgan fingerprint density at radius 3 is 2.58 bits per heavy atom. The molecular weight excluding hydrogens is 256 g/mol. The lowest BCUT2D eigenvalue weighted by Crippen LogP contribution is -2.44. The Balaban J connectivity index is 1.71. The molecule has 4 heteroatoms. The fraction of sp³-hybridized carbons (Fsp3) is 0.600. The second-order valence-electron chi connectivity index (χ2n) is 5.04. The van der Waals surface area contributed by atoms with Gasteiger partial charge in [0.05, 0.1) is 13.2 Å². The first kappa shape index (κ1) is 14.9. The molecule has 0 bridgehead atoms. The predicted octanol–water partition coefficient (Wildman–Crippen LogP) is 2.22. The Kier molecular flexibility index (Phi) is 6.17. The summed E-state index contributed by atoms with van der Waals surface area (Å²) in [6.45, 7) is 8.19. The number of thioether (sulfide) groups is 1. The van der Waals surface area contributed by atoms with Gasteiger partial charge in [-0.25, -0.2) is 0 Å². The van der Waals surface area contributed by atoms with Gasteiger partial charge < -0.3 is 10.1 Å². The van der Waals surface area contributed by atoms with E-state index in [9.17, 15) is 0 Å². The van der Waals surface area contributed by atoms with Crippen molar-refractivity contribution in [1.82, 2.24) is 10.2 Å². The van der Waals surface area contributed by atoms with Crippen LogP contribution < -0.4 is 5.32 Å². The molecule has 1 saturated heterocycles. The molecule has 1 aliphatic rings. The van der Waals surface area contributed by atoms with E-state index in [0.29, 0.717) is 6.04 Å². The lowest BCUT2D eigenvalue weighted by Gasteiger charge is -2.29. The molecule has 0 radical (unpaired) electrons. The van der Waals surface area contributed by atoms with Crippen LogP contribution in [-0.4, -0.2) is 50.0 Å². The monoisotopic (exact) mass is 280 g/mol. The van der Waals surface area contributed by atoms with Gasteiger partial charge in [-0.05, 0) is 30.9 Å². The fourth-order valence-electron chi connectivity index (χ4n) is 2.27. The van der Waals surface area contributed by atoms with E-state index >= 15 is 0 Å². The highest BCUT2D eigenvalue weighted by molar-refractivity contribution is 7.98. The normalized spacial score (nSPS) is 18.4. The van der Waals surface area contributed by atoms with Gasteiger partial charge in [-0.15, -0.1) is 11.8 Å². The van der Waals surface area contributed by atoms with Gasteiger partial charge in [-0.2, -0.15) is 0 Å². The third-order valence-electron chi connectivity index (χ3n) is 3.45. The molecule has 1 aromatic rings. The van der Waals surface area contributed by atoms with Crippen LogP contribution in [0.1, 0.15) is 12.5 Å². The van der Waals surface area contributed by atoms with E-state index in [-0.39, 0.29) is 0 Å². The summed E-state index contributed by atoms with van der Waals surface area (Å²) < 4.78 is 5.37. The standard InChI is InChI=1S/C15H24N2OS/c1-13(12-17-7-9-18-10-8-17)16-11-14-3-5-15(19-2)6-4-14/h3-6,13,16H,7-12H2,1-2H3. The zero-order valence-electron chi connectivity index (χ0n) is 11.9. The van der Waals surface area contributed by atoms with Crippen LogP contribution in [0.25, 0.3) is 0 Å². The summed E-state index contributed by atoms with van der Waals surface area (Å²) in [7, 11) is 0. The summed E-state index contributed by atoms with van der Waals surface area (Å²) in [5.74, 6) is 0. The van der Waals surface area contributed by atoms with Crippen molar-refractivity contribution in [1.29, 1.82) is 0 Å². The van der Waals surface area contributed by atoms with Crippen LogP contribution >= 0.6 is 11.8 Å². The molecule has 1 N–H and O–H groups in total. The second kappa shape index (κ2) is 7.90. The molecule has 1 aromatic carbocycles. The van der Waals surface area contributed by atoms with Gasteiger partial charge in [0, 0.05) is 37.1 Å². The summed E-state index contributed by atoms with van der Waals surface area (Å²) in [6, 6.07) is 9.31. The molecule has 0 aromatic heterocycles. The van der Waals surface area contributed by atoms with Crippen molar-refractivity contribution >= 4 is 11.8 Å². The molecule has 0 aliphatic carbocycles. The highest BCUT2D eigenvalue weighted by Gasteiger charge is 2.13. The highest BCUT2D eigenvalue weighted by atomic mass is 32.2. The molecular formula is C15H24N2OS. The Bertz CT molecular complexity index is 363. The molecule has 1 atom stereocenters. The molecule has 19 heavy (non-hydrogen) atoms. The number of benzene rings is 1. The Morgan fingerprint density at radius 2 is 1.95 bits per heavy atom. The molecule has 2 rings (SSSR count).